The first-order valence-corrected chi connectivity index (χ1v) is 6.81. The van der Waals surface area contributed by atoms with Crippen molar-refractivity contribution in [3.05, 3.63) is 42.0 Å². The maximum atomic E-state index is 12.1. The van der Waals surface area contributed by atoms with E-state index in [4.69, 9.17) is 13.7 Å². The van der Waals surface area contributed by atoms with Gasteiger partial charge in [-0.05, 0) is 32.0 Å². The molecule has 1 N–H and O–H groups in total. The SMILES string of the molecule is Cc1cc(NC(=O)C(C)OC(=O)c2ccc3ocnc3c2)no1. The average molecular weight is 315 g/mol. The lowest BCUT2D eigenvalue weighted by Crippen LogP contribution is -2.30. The minimum atomic E-state index is -0.993. The van der Waals surface area contributed by atoms with E-state index in [1.165, 1.54) is 19.4 Å². The van der Waals surface area contributed by atoms with Crippen LogP contribution in [0.3, 0.4) is 0 Å². The van der Waals surface area contributed by atoms with Crippen LogP contribution in [0.25, 0.3) is 11.1 Å². The minimum Gasteiger partial charge on any atom is -0.449 e. The highest BCUT2D eigenvalue weighted by molar-refractivity contribution is 5.98. The Morgan fingerprint density at radius 1 is 1.30 bits per heavy atom. The summed E-state index contributed by atoms with van der Waals surface area (Å²) < 4.78 is 15.1. The number of hydrogen-bond donors (Lipinski definition) is 1. The zero-order chi connectivity index (χ0) is 16.4. The van der Waals surface area contributed by atoms with Crippen LogP contribution < -0.4 is 5.32 Å². The second-order valence-electron chi connectivity index (χ2n) is 4.89. The predicted octanol–water partition coefficient (Wildman–Crippen LogP) is 2.31. The molecular weight excluding hydrogens is 302 g/mol. The number of benzene rings is 1. The highest BCUT2D eigenvalue weighted by Gasteiger charge is 2.20. The fraction of sp³-hybridized carbons (Fsp3) is 0.200. The first-order chi connectivity index (χ1) is 11.0. The molecule has 1 atom stereocenters. The van der Waals surface area contributed by atoms with Gasteiger partial charge in [-0.2, -0.15) is 0 Å². The number of ether oxygens (including phenoxy) is 1. The van der Waals surface area contributed by atoms with Gasteiger partial charge in [-0.1, -0.05) is 5.16 Å². The molecule has 2 heterocycles. The Bertz CT molecular complexity index is 867. The minimum absolute atomic E-state index is 0.263. The van der Waals surface area contributed by atoms with Crippen LogP contribution in [-0.2, 0) is 9.53 Å². The van der Waals surface area contributed by atoms with Gasteiger partial charge >= 0.3 is 5.97 Å². The number of nitrogens with zero attached hydrogens (tertiary/aromatic N) is 2. The Kier molecular flexibility index (Phi) is 3.80. The molecule has 0 fully saturated rings. The fourth-order valence-electron chi connectivity index (χ4n) is 1.92. The highest BCUT2D eigenvalue weighted by atomic mass is 16.5. The van der Waals surface area contributed by atoms with E-state index in [-0.39, 0.29) is 11.4 Å². The largest absolute Gasteiger partial charge is 0.449 e. The zero-order valence-corrected chi connectivity index (χ0v) is 12.4. The molecule has 0 saturated carbocycles. The third kappa shape index (κ3) is 3.20. The highest BCUT2D eigenvalue weighted by Crippen LogP contribution is 2.15. The molecule has 3 aromatic rings. The number of aromatic nitrogens is 2. The summed E-state index contributed by atoms with van der Waals surface area (Å²) in [7, 11) is 0. The topological polar surface area (TPSA) is 107 Å². The molecule has 8 nitrogen and oxygen atoms in total. The van der Waals surface area contributed by atoms with E-state index in [2.05, 4.69) is 15.5 Å². The molecule has 2 aromatic heterocycles. The van der Waals surface area contributed by atoms with Gasteiger partial charge in [-0.15, -0.1) is 0 Å². The van der Waals surface area contributed by atoms with Crippen molar-refractivity contribution in [2.75, 3.05) is 5.32 Å². The fourth-order valence-corrected chi connectivity index (χ4v) is 1.92. The number of carbonyl (C=O) groups excluding carboxylic acids is 2. The monoisotopic (exact) mass is 315 g/mol. The summed E-state index contributed by atoms with van der Waals surface area (Å²) in [6.07, 6.45) is 0.294. The van der Waals surface area contributed by atoms with Crippen LogP contribution in [0.4, 0.5) is 5.82 Å². The van der Waals surface area contributed by atoms with Crippen LogP contribution in [0.5, 0.6) is 0 Å². The number of anilines is 1. The summed E-state index contributed by atoms with van der Waals surface area (Å²) in [5, 5.41) is 6.13. The lowest BCUT2D eigenvalue weighted by molar-refractivity contribution is -0.123. The van der Waals surface area contributed by atoms with Gasteiger partial charge in [0.25, 0.3) is 5.91 Å². The number of nitrogens with one attached hydrogen (secondary N) is 1. The van der Waals surface area contributed by atoms with Gasteiger partial charge < -0.3 is 19.0 Å². The molecule has 23 heavy (non-hydrogen) atoms. The molecule has 0 aliphatic rings. The number of aryl methyl sites for hydroxylation is 1. The summed E-state index contributed by atoms with van der Waals surface area (Å²) in [6, 6.07) is 6.25. The third-order valence-corrected chi connectivity index (χ3v) is 3.10. The van der Waals surface area contributed by atoms with Crippen molar-refractivity contribution in [1.82, 2.24) is 10.1 Å². The molecule has 0 aliphatic carbocycles. The Morgan fingerprint density at radius 3 is 2.87 bits per heavy atom. The summed E-state index contributed by atoms with van der Waals surface area (Å²) in [5.74, 6) is -0.312. The van der Waals surface area contributed by atoms with Crippen molar-refractivity contribution in [3.63, 3.8) is 0 Å². The second-order valence-corrected chi connectivity index (χ2v) is 4.89. The average Bonchev–Trinajstić information content (AvgIpc) is 3.14. The molecule has 0 bridgehead atoms. The number of fused-ring (bicyclic) bond motifs is 1. The first-order valence-electron chi connectivity index (χ1n) is 6.81. The molecule has 3 rings (SSSR count). The van der Waals surface area contributed by atoms with Crippen molar-refractivity contribution in [2.24, 2.45) is 0 Å². The van der Waals surface area contributed by atoms with Crippen LogP contribution in [0.2, 0.25) is 0 Å². The third-order valence-electron chi connectivity index (χ3n) is 3.10. The van der Waals surface area contributed by atoms with Crippen molar-refractivity contribution in [2.45, 2.75) is 20.0 Å². The summed E-state index contributed by atoms with van der Waals surface area (Å²) in [4.78, 5) is 28.0. The van der Waals surface area contributed by atoms with E-state index >= 15 is 0 Å². The van der Waals surface area contributed by atoms with Gasteiger partial charge in [-0.3, -0.25) is 4.79 Å². The van der Waals surface area contributed by atoms with Gasteiger partial charge in [0.05, 0.1) is 5.56 Å². The Hall–Kier alpha value is -3.16. The number of hydrogen-bond acceptors (Lipinski definition) is 7. The zero-order valence-electron chi connectivity index (χ0n) is 12.4. The molecule has 1 unspecified atom stereocenters. The van der Waals surface area contributed by atoms with Crippen LogP contribution in [0, 0.1) is 6.92 Å². The Labute approximate surface area is 130 Å². The number of amides is 1. The Morgan fingerprint density at radius 2 is 2.13 bits per heavy atom. The number of oxazole rings is 1. The maximum Gasteiger partial charge on any atom is 0.338 e. The van der Waals surface area contributed by atoms with E-state index in [1.54, 1.807) is 25.1 Å². The molecule has 1 aromatic carbocycles. The van der Waals surface area contributed by atoms with Crippen molar-refractivity contribution >= 4 is 28.8 Å². The lowest BCUT2D eigenvalue weighted by atomic mass is 10.2. The molecule has 8 heteroatoms. The normalized spacial score (nSPS) is 12.1. The predicted molar refractivity (Wildman–Crippen MR) is 78.8 cm³/mol. The van der Waals surface area contributed by atoms with Gasteiger partial charge in [-0.25, -0.2) is 9.78 Å². The molecule has 0 aliphatic heterocycles. The van der Waals surface area contributed by atoms with Gasteiger partial charge in [0, 0.05) is 6.07 Å². The molecule has 118 valence electrons. The van der Waals surface area contributed by atoms with Crippen LogP contribution in [0.15, 0.2) is 39.6 Å². The Balaban J connectivity index is 1.65. The first kappa shape index (κ1) is 14.8. The maximum absolute atomic E-state index is 12.1. The molecule has 0 radical (unpaired) electrons. The summed E-state index contributed by atoms with van der Waals surface area (Å²) in [5.41, 5.74) is 1.38. The van der Waals surface area contributed by atoms with Crippen molar-refractivity contribution in [3.8, 4) is 0 Å². The van der Waals surface area contributed by atoms with Gasteiger partial charge in [0.15, 0.2) is 23.9 Å². The lowest BCUT2D eigenvalue weighted by Gasteiger charge is -2.12. The van der Waals surface area contributed by atoms with E-state index in [9.17, 15) is 9.59 Å². The van der Waals surface area contributed by atoms with Crippen molar-refractivity contribution in [1.29, 1.82) is 0 Å². The van der Waals surface area contributed by atoms with E-state index < -0.39 is 18.0 Å². The van der Waals surface area contributed by atoms with Crippen molar-refractivity contribution < 1.29 is 23.3 Å². The molecule has 0 saturated heterocycles. The van der Waals surface area contributed by atoms with E-state index in [1.807, 2.05) is 0 Å². The summed E-state index contributed by atoms with van der Waals surface area (Å²) >= 11 is 0. The second kappa shape index (κ2) is 5.91. The number of rotatable bonds is 4. The quantitative estimate of drug-likeness (QED) is 0.736. The van der Waals surface area contributed by atoms with Crippen LogP contribution in [0.1, 0.15) is 23.0 Å². The number of carbonyl (C=O) groups is 2. The smallest absolute Gasteiger partial charge is 0.338 e. The standard InChI is InChI=1S/C15H13N3O5/c1-8-5-13(18-23-8)17-14(19)9(2)22-15(20)10-3-4-12-11(6-10)16-7-21-12/h3-7,9H,1-2H3,(H,17,18,19). The van der Waals surface area contributed by atoms with Crippen LogP contribution in [-0.4, -0.2) is 28.1 Å². The number of esters is 1. The van der Waals surface area contributed by atoms with Crippen LogP contribution >= 0.6 is 0 Å². The summed E-state index contributed by atoms with van der Waals surface area (Å²) in [6.45, 7) is 3.17. The molecule has 1 amide bonds. The molecular formula is C15H13N3O5. The van der Waals surface area contributed by atoms with Gasteiger partial charge in [0.1, 0.15) is 11.3 Å². The van der Waals surface area contributed by atoms with E-state index in [0.29, 0.717) is 16.9 Å². The molecule has 0 spiro atoms. The van der Waals surface area contributed by atoms with E-state index in [0.717, 1.165) is 0 Å². The van der Waals surface area contributed by atoms with Gasteiger partial charge in [0.2, 0.25) is 0 Å².